The number of aromatic carboxylic acids is 1. The summed E-state index contributed by atoms with van der Waals surface area (Å²) in [6.07, 6.45) is 0.920. The van der Waals surface area contributed by atoms with Crippen LogP contribution in [0.15, 0.2) is 35.3 Å². The second-order valence-electron chi connectivity index (χ2n) is 3.58. The van der Waals surface area contributed by atoms with Gasteiger partial charge in [-0.25, -0.2) is 18.7 Å². The highest BCUT2D eigenvalue weighted by Crippen LogP contribution is 2.13. The van der Waals surface area contributed by atoms with E-state index in [0.717, 1.165) is 22.9 Å². The molecule has 98 valence electrons. The molecule has 0 spiro atoms. The molecule has 0 aliphatic carbocycles. The summed E-state index contributed by atoms with van der Waals surface area (Å²) in [5, 5.41) is 8.89. The van der Waals surface area contributed by atoms with Gasteiger partial charge in [0.05, 0.1) is 19.0 Å². The molecule has 0 atom stereocenters. The largest absolute Gasteiger partial charge is 0.477 e. The van der Waals surface area contributed by atoms with Gasteiger partial charge in [0.25, 0.3) is 5.56 Å². The maximum Gasteiger partial charge on any atom is 0.342 e. The molecule has 0 bridgehead atoms. The minimum atomic E-state index is -1.39. The Morgan fingerprint density at radius 3 is 2.53 bits per heavy atom. The van der Waals surface area contributed by atoms with E-state index < -0.39 is 22.9 Å². The van der Waals surface area contributed by atoms with Gasteiger partial charge in [0.15, 0.2) is 0 Å². The summed E-state index contributed by atoms with van der Waals surface area (Å²) in [7, 11) is 1.29. The van der Waals surface area contributed by atoms with E-state index in [1.54, 1.807) is 0 Å². The van der Waals surface area contributed by atoms with Crippen LogP contribution in [-0.4, -0.2) is 27.7 Å². The normalized spacial score (nSPS) is 10.2. The van der Waals surface area contributed by atoms with Gasteiger partial charge in [-0.3, -0.25) is 4.79 Å². The zero-order chi connectivity index (χ0) is 14.0. The molecular formula is C12H9FN2O4. The summed E-state index contributed by atoms with van der Waals surface area (Å²) >= 11 is 0. The molecule has 0 aliphatic heterocycles. The van der Waals surface area contributed by atoms with E-state index in [4.69, 9.17) is 9.84 Å². The molecule has 0 aliphatic rings. The zero-order valence-corrected chi connectivity index (χ0v) is 9.83. The molecule has 0 fully saturated rings. The number of methoxy groups -OCH3 is 1. The number of ether oxygens (including phenoxy) is 1. The Morgan fingerprint density at radius 1 is 1.37 bits per heavy atom. The van der Waals surface area contributed by atoms with Crippen LogP contribution in [0, 0.1) is 5.82 Å². The fraction of sp³-hybridized carbons (Fsp3) is 0.0833. The highest BCUT2D eigenvalue weighted by molar-refractivity contribution is 5.86. The van der Waals surface area contributed by atoms with Gasteiger partial charge in [0.1, 0.15) is 11.4 Å². The van der Waals surface area contributed by atoms with Gasteiger partial charge in [-0.05, 0) is 24.3 Å². The molecule has 1 aromatic carbocycles. The van der Waals surface area contributed by atoms with Crippen LogP contribution >= 0.6 is 0 Å². The zero-order valence-electron chi connectivity index (χ0n) is 9.83. The Labute approximate surface area is 106 Å². The van der Waals surface area contributed by atoms with Crippen molar-refractivity contribution in [3.8, 4) is 11.7 Å². The minimum Gasteiger partial charge on any atom is -0.477 e. The number of benzene rings is 1. The SMILES string of the molecule is COc1ncc(C(=O)O)c(=O)n1-c1ccc(F)cc1. The first-order valence-electron chi connectivity index (χ1n) is 5.20. The van der Waals surface area contributed by atoms with Crippen LogP contribution in [0.5, 0.6) is 6.01 Å². The third kappa shape index (κ3) is 2.30. The number of carboxylic acids is 1. The Morgan fingerprint density at radius 2 is 2.00 bits per heavy atom. The van der Waals surface area contributed by atoms with Crippen LogP contribution in [0.1, 0.15) is 10.4 Å². The summed E-state index contributed by atoms with van der Waals surface area (Å²) in [4.78, 5) is 26.7. The molecule has 19 heavy (non-hydrogen) atoms. The first kappa shape index (κ1) is 12.7. The summed E-state index contributed by atoms with van der Waals surface area (Å²) in [5.74, 6) is -1.87. The van der Waals surface area contributed by atoms with Crippen LogP contribution in [0.2, 0.25) is 0 Å². The molecule has 0 saturated carbocycles. The topological polar surface area (TPSA) is 81.4 Å². The maximum atomic E-state index is 12.9. The molecule has 1 N–H and O–H groups in total. The van der Waals surface area contributed by atoms with Crippen LogP contribution in [0.3, 0.4) is 0 Å². The minimum absolute atomic E-state index is 0.0818. The maximum absolute atomic E-state index is 12.9. The van der Waals surface area contributed by atoms with Crippen molar-refractivity contribution in [1.29, 1.82) is 0 Å². The smallest absolute Gasteiger partial charge is 0.342 e. The summed E-state index contributed by atoms with van der Waals surface area (Å²) in [6.45, 7) is 0. The highest BCUT2D eigenvalue weighted by atomic mass is 19.1. The van der Waals surface area contributed by atoms with Gasteiger partial charge < -0.3 is 9.84 Å². The molecule has 1 heterocycles. The molecule has 6 nitrogen and oxygen atoms in total. The molecular weight excluding hydrogens is 255 g/mol. The molecule has 2 rings (SSSR count). The molecule has 0 unspecified atom stereocenters. The number of nitrogens with zero attached hydrogens (tertiary/aromatic N) is 2. The first-order chi connectivity index (χ1) is 9.04. The van der Waals surface area contributed by atoms with Gasteiger partial charge in [-0.2, -0.15) is 0 Å². The first-order valence-corrected chi connectivity index (χ1v) is 5.20. The molecule has 0 saturated heterocycles. The van der Waals surface area contributed by atoms with Crippen LogP contribution < -0.4 is 10.3 Å². The van der Waals surface area contributed by atoms with E-state index in [2.05, 4.69) is 4.98 Å². The number of halogens is 1. The average Bonchev–Trinajstić information content (AvgIpc) is 2.39. The van der Waals surface area contributed by atoms with E-state index in [1.165, 1.54) is 19.2 Å². The lowest BCUT2D eigenvalue weighted by Crippen LogP contribution is -2.27. The van der Waals surface area contributed by atoms with Crippen LogP contribution in [0.25, 0.3) is 5.69 Å². The molecule has 1 aromatic heterocycles. The van der Waals surface area contributed by atoms with Gasteiger partial charge in [0.2, 0.25) is 0 Å². The van der Waals surface area contributed by atoms with Crippen molar-refractivity contribution in [2.24, 2.45) is 0 Å². The monoisotopic (exact) mass is 264 g/mol. The number of rotatable bonds is 3. The molecule has 0 radical (unpaired) electrons. The second-order valence-corrected chi connectivity index (χ2v) is 3.58. The quantitative estimate of drug-likeness (QED) is 0.897. The Hall–Kier alpha value is -2.70. The molecule has 7 heteroatoms. The molecule has 0 amide bonds. The fourth-order valence-electron chi connectivity index (χ4n) is 1.55. The van der Waals surface area contributed by atoms with Crippen molar-refractivity contribution in [3.05, 3.63) is 52.2 Å². The summed E-state index contributed by atoms with van der Waals surface area (Å²) < 4.78 is 18.7. The van der Waals surface area contributed by atoms with E-state index in [0.29, 0.717) is 0 Å². The fourth-order valence-corrected chi connectivity index (χ4v) is 1.55. The molecule has 2 aromatic rings. The number of hydrogen-bond acceptors (Lipinski definition) is 4. The van der Waals surface area contributed by atoms with Crippen molar-refractivity contribution in [3.63, 3.8) is 0 Å². The lowest BCUT2D eigenvalue weighted by atomic mass is 10.3. The van der Waals surface area contributed by atoms with Crippen molar-refractivity contribution in [2.45, 2.75) is 0 Å². The number of carboxylic acid groups (broad SMARTS) is 1. The lowest BCUT2D eigenvalue weighted by Gasteiger charge is -2.10. The Balaban J connectivity index is 2.73. The van der Waals surface area contributed by atoms with Crippen molar-refractivity contribution >= 4 is 5.97 Å². The predicted octanol–water partition coefficient (Wildman–Crippen LogP) is 1.08. The van der Waals surface area contributed by atoms with Gasteiger partial charge in [0, 0.05) is 0 Å². The van der Waals surface area contributed by atoms with Crippen molar-refractivity contribution in [2.75, 3.05) is 7.11 Å². The van der Waals surface area contributed by atoms with Gasteiger partial charge in [-0.1, -0.05) is 0 Å². The number of hydrogen-bond donors (Lipinski definition) is 1. The second kappa shape index (κ2) is 4.89. The van der Waals surface area contributed by atoms with Gasteiger partial charge in [-0.15, -0.1) is 0 Å². The summed E-state index contributed by atoms with van der Waals surface area (Å²) in [5.41, 5.74) is -1.03. The number of aromatic nitrogens is 2. The highest BCUT2D eigenvalue weighted by Gasteiger charge is 2.17. The van der Waals surface area contributed by atoms with Crippen LogP contribution in [0.4, 0.5) is 4.39 Å². The Bertz CT molecular complexity index is 679. The van der Waals surface area contributed by atoms with E-state index >= 15 is 0 Å². The predicted molar refractivity (Wildman–Crippen MR) is 63.3 cm³/mol. The average molecular weight is 264 g/mol. The standard InChI is InChI=1S/C12H9FN2O4/c1-19-12-14-6-9(11(17)18)10(16)15(12)8-4-2-7(13)3-5-8/h2-6H,1H3,(H,17,18). The van der Waals surface area contributed by atoms with Crippen LogP contribution in [-0.2, 0) is 0 Å². The van der Waals surface area contributed by atoms with E-state index in [-0.39, 0.29) is 11.7 Å². The third-order valence-electron chi connectivity index (χ3n) is 2.43. The van der Waals surface area contributed by atoms with Gasteiger partial charge >= 0.3 is 12.0 Å². The number of carbonyl (C=O) groups is 1. The van der Waals surface area contributed by atoms with E-state index in [1.807, 2.05) is 0 Å². The van der Waals surface area contributed by atoms with E-state index in [9.17, 15) is 14.0 Å². The summed E-state index contributed by atoms with van der Waals surface area (Å²) in [6, 6.07) is 4.87. The third-order valence-corrected chi connectivity index (χ3v) is 2.43. The Kier molecular flexibility index (Phi) is 3.28. The van der Waals surface area contributed by atoms with Crippen molar-refractivity contribution < 1.29 is 19.0 Å². The lowest BCUT2D eigenvalue weighted by molar-refractivity contribution is 0.0693. The van der Waals surface area contributed by atoms with Crippen molar-refractivity contribution in [1.82, 2.24) is 9.55 Å².